The van der Waals surface area contributed by atoms with Gasteiger partial charge in [0.25, 0.3) is 5.91 Å². The van der Waals surface area contributed by atoms with Gasteiger partial charge in [-0.25, -0.2) is 4.79 Å². The molecule has 1 aromatic heterocycles. The van der Waals surface area contributed by atoms with Crippen LogP contribution in [0.4, 0.5) is 4.79 Å². The van der Waals surface area contributed by atoms with E-state index in [-0.39, 0.29) is 19.0 Å². The van der Waals surface area contributed by atoms with Crippen molar-refractivity contribution in [1.29, 1.82) is 0 Å². The second kappa shape index (κ2) is 6.33. The maximum absolute atomic E-state index is 13.1. The summed E-state index contributed by atoms with van der Waals surface area (Å²) in [7, 11) is 0. The van der Waals surface area contributed by atoms with Crippen molar-refractivity contribution in [2.45, 2.75) is 31.3 Å². The van der Waals surface area contributed by atoms with Crippen molar-refractivity contribution in [3.05, 3.63) is 59.5 Å². The maximum atomic E-state index is 13.1. The summed E-state index contributed by atoms with van der Waals surface area (Å²) in [5.41, 5.74) is 0.854. The van der Waals surface area contributed by atoms with E-state index in [1.807, 2.05) is 24.3 Å². The molecule has 134 valence electrons. The molecule has 1 fully saturated rings. The Hall–Kier alpha value is -3.09. The van der Waals surface area contributed by atoms with E-state index in [0.29, 0.717) is 12.2 Å². The quantitative estimate of drug-likeness (QED) is 0.818. The lowest BCUT2D eigenvalue weighted by molar-refractivity contribution is -0.135. The van der Waals surface area contributed by atoms with Gasteiger partial charge in [-0.05, 0) is 42.5 Å². The van der Waals surface area contributed by atoms with Crippen LogP contribution in [-0.2, 0) is 28.1 Å². The van der Waals surface area contributed by atoms with E-state index in [1.54, 1.807) is 12.1 Å². The van der Waals surface area contributed by atoms with Gasteiger partial charge in [0.05, 0.1) is 12.8 Å². The first-order chi connectivity index (χ1) is 12.6. The zero-order valence-electron chi connectivity index (χ0n) is 14.2. The second-order valence-corrected chi connectivity index (χ2v) is 6.59. The zero-order chi connectivity index (χ0) is 18.1. The summed E-state index contributed by atoms with van der Waals surface area (Å²) >= 11 is 0. The Bertz CT molecular complexity index is 861. The molecular weight excluding hydrogens is 334 g/mol. The molecule has 1 spiro atoms. The zero-order valence-corrected chi connectivity index (χ0v) is 14.2. The van der Waals surface area contributed by atoms with Gasteiger partial charge in [0.15, 0.2) is 0 Å². The number of nitrogens with one attached hydrogen (secondary N) is 2. The number of fused-ring (bicyclic) bond motifs is 2. The minimum Gasteiger partial charge on any atom is -0.467 e. The molecule has 1 aromatic carbocycles. The van der Waals surface area contributed by atoms with Crippen LogP contribution in [0.15, 0.2) is 47.1 Å². The Balaban J connectivity index is 1.50. The summed E-state index contributed by atoms with van der Waals surface area (Å²) in [5.74, 6) is -0.165. The van der Waals surface area contributed by atoms with E-state index >= 15 is 0 Å². The molecule has 0 radical (unpaired) electrons. The highest BCUT2D eigenvalue weighted by molar-refractivity contribution is 6.09. The van der Waals surface area contributed by atoms with E-state index in [0.717, 1.165) is 28.9 Å². The molecule has 26 heavy (non-hydrogen) atoms. The Morgan fingerprint density at radius 3 is 2.88 bits per heavy atom. The average molecular weight is 353 g/mol. The number of furan rings is 1. The number of carbonyl (C=O) groups excluding carboxylic acids is 3. The summed E-state index contributed by atoms with van der Waals surface area (Å²) in [6.45, 7) is -0.0985. The van der Waals surface area contributed by atoms with Crippen LogP contribution >= 0.6 is 0 Å². The van der Waals surface area contributed by atoms with E-state index in [9.17, 15) is 14.4 Å². The fourth-order valence-corrected chi connectivity index (χ4v) is 3.75. The van der Waals surface area contributed by atoms with Gasteiger partial charge in [0.2, 0.25) is 5.91 Å². The van der Waals surface area contributed by atoms with Gasteiger partial charge in [0, 0.05) is 0 Å². The highest BCUT2D eigenvalue weighted by atomic mass is 16.3. The molecule has 1 aliphatic heterocycles. The van der Waals surface area contributed by atoms with Gasteiger partial charge in [-0.15, -0.1) is 0 Å². The van der Waals surface area contributed by atoms with Gasteiger partial charge in [-0.2, -0.15) is 0 Å². The van der Waals surface area contributed by atoms with Crippen molar-refractivity contribution in [2.75, 3.05) is 6.54 Å². The first-order valence-electron chi connectivity index (χ1n) is 8.62. The molecule has 4 amide bonds. The monoisotopic (exact) mass is 353 g/mol. The highest BCUT2D eigenvalue weighted by Crippen LogP contribution is 2.39. The molecule has 4 rings (SSSR count). The van der Waals surface area contributed by atoms with Crippen LogP contribution in [0.5, 0.6) is 0 Å². The number of nitrogens with zero attached hydrogens (tertiary/aromatic N) is 1. The number of hydrogen-bond acceptors (Lipinski definition) is 4. The van der Waals surface area contributed by atoms with Gasteiger partial charge < -0.3 is 15.1 Å². The first-order valence-corrected chi connectivity index (χ1v) is 8.62. The van der Waals surface area contributed by atoms with Crippen LogP contribution in [-0.4, -0.2) is 29.3 Å². The largest absolute Gasteiger partial charge is 0.467 e. The average Bonchev–Trinajstić information content (AvgIpc) is 3.24. The molecule has 0 unspecified atom stereocenters. The van der Waals surface area contributed by atoms with Crippen molar-refractivity contribution >= 4 is 17.8 Å². The fourth-order valence-electron chi connectivity index (χ4n) is 3.75. The molecule has 2 heterocycles. The minimum atomic E-state index is -1.05. The predicted molar refractivity (Wildman–Crippen MR) is 91.9 cm³/mol. The Morgan fingerprint density at radius 2 is 2.08 bits per heavy atom. The lowest BCUT2D eigenvalue weighted by atomic mass is 9.76. The van der Waals surface area contributed by atoms with Gasteiger partial charge >= 0.3 is 6.03 Å². The first kappa shape index (κ1) is 16.4. The van der Waals surface area contributed by atoms with Crippen molar-refractivity contribution < 1.29 is 18.8 Å². The third kappa shape index (κ3) is 2.65. The number of aryl methyl sites for hydroxylation is 1. The summed E-state index contributed by atoms with van der Waals surface area (Å²) in [6, 6.07) is 10.6. The summed E-state index contributed by atoms with van der Waals surface area (Å²) in [4.78, 5) is 38.7. The number of carbonyl (C=O) groups is 3. The third-order valence-corrected chi connectivity index (χ3v) is 4.99. The molecule has 7 heteroatoms. The second-order valence-electron chi connectivity index (χ2n) is 6.59. The molecule has 2 aromatic rings. The molecule has 2 N–H and O–H groups in total. The van der Waals surface area contributed by atoms with E-state index in [1.165, 1.54) is 6.26 Å². The molecule has 1 atom stereocenters. The minimum absolute atomic E-state index is 0.212. The lowest BCUT2D eigenvalue weighted by Gasteiger charge is -2.33. The maximum Gasteiger partial charge on any atom is 0.325 e. The van der Waals surface area contributed by atoms with Gasteiger partial charge in [-0.1, -0.05) is 24.3 Å². The highest BCUT2D eigenvalue weighted by Gasteiger charge is 2.54. The topological polar surface area (TPSA) is 91.7 Å². The summed E-state index contributed by atoms with van der Waals surface area (Å²) < 4.78 is 5.15. The van der Waals surface area contributed by atoms with Crippen LogP contribution in [0.25, 0.3) is 0 Å². The van der Waals surface area contributed by atoms with Gasteiger partial charge in [0.1, 0.15) is 17.8 Å². The Labute approximate surface area is 150 Å². The lowest BCUT2D eigenvalue weighted by Crippen LogP contribution is -2.47. The fraction of sp³-hybridized carbons (Fsp3) is 0.316. The SMILES string of the molecule is O=C(CN1C(=O)N[C@@]2(CCCc3ccccc32)C1=O)NCc1ccco1. The number of benzene rings is 1. The molecule has 0 saturated carbocycles. The number of rotatable bonds is 4. The normalized spacial score (nSPS) is 21.6. The van der Waals surface area contributed by atoms with E-state index < -0.39 is 17.5 Å². The molecule has 1 saturated heterocycles. The summed E-state index contributed by atoms with van der Waals surface area (Å²) in [6.07, 6.45) is 3.74. The molecule has 2 aliphatic rings. The molecular formula is C19H19N3O4. The van der Waals surface area contributed by atoms with Crippen molar-refractivity contribution in [2.24, 2.45) is 0 Å². The predicted octanol–water partition coefficient (Wildman–Crippen LogP) is 1.68. The van der Waals surface area contributed by atoms with Crippen LogP contribution < -0.4 is 10.6 Å². The number of amides is 4. The molecule has 0 bridgehead atoms. The number of urea groups is 1. The molecule has 1 aliphatic carbocycles. The van der Waals surface area contributed by atoms with Crippen molar-refractivity contribution in [1.82, 2.24) is 15.5 Å². The Morgan fingerprint density at radius 1 is 1.23 bits per heavy atom. The van der Waals surface area contributed by atoms with E-state index in [2.05, 4.69) is 10.6 Å². The van der Waals surface area contributed by atoms with Crippen LogP contribution in [0.2, 0.25) is 0 Å². The van der Waals surface area contributed by atoms with Gasteiger partial charge in [-0.3, -0.25) is 14.5 Å². The van der Waals surface area contributed by atoms with Crippen LogP contribution in [0.3, 0.4) is 0 Å². The third-order valence-electron chi connectivity index (χ3n) is 4.99. The van der Waals surface area contributed by atoms with E-state index in [4.69, 9.17) is 4.42 Å². The van der Waals surface area contributed by atoms with Crippen LogP contribution in [0, 0.1) is 0 Å². The molecule has 7 nitrogen and oxygen atoms in total. The Kier molecular flexibility index (Phi) is 3.99. The summed E-state index contributed by atoms with van der Waals surface area (Å²) in [5, 5.41) is 5.50. The van der Waals surface area contributed by atoms with Crippen molar-refractivity contribution in [3.63, 3.8) is 0 Å². The van der Waals surface area contributed by atoms with Crippen LogP contribution in [0.1, 0.15) is 29.7 Å². The standard InChI is InChI=1S/C19H19N3O4/c23-16(20-11-14-7-4-10-26-14)12-22-17(24)19(21-18(22)25)9-3-6-13-5-1-2-8-15(13)19/h1-2,4-5,7-8,10H,3,6,9,11-12H2,(H,20,23)(H,21,25)/t19-/m1/s1. The number of hydrogen-bond donors (Lipinski definition) is 2. The van der Waals surface area contributed by atoms with Crippen molar-refractivity contribution in [3.8, 4) is 0 Å². The smallest absolute Gasteiger partial charge is 0.325 e. The number of imide groups is 1.